The summed E-state index contributed by atoms with van der Waals surface area (Å²) in [5.41, 5.74) is -7.01. The van der Waals surface area contributed by atoms with Crippen molar-refractivity contribution in [1.82, 2.24) is 20.4 Å². The Hall–Kier alpha value is -1.69. The van der Waals surface area contributed by atoms with E-state index in [0.29, 0.717) is 9.91 Å². The lowest BCUT2D eigenvalue weighted by Crippen LogP contribution is -2.81. The lowest BCUT2D eigenvalue weighted by Gasteiger charge is -2.55. The molecule has 2 amide bonds. The highest BCUT2D eigenvalue weighted by Gasteiger charge is 2.66. The van der Waals surface area contributed by atoms with E-state index in [1.165, 1.54) is 23.1 Å². The highest BCUT2D eigenvalue weighted by atomic mass is 32.2. The average molecular weight is 533 g/mol. The molecule has 10 nitrogen and oxygen atoms in total. The van der Waals surface area contributed by atoms with Gasteiger partial charge in [-0.3, -0.25) is 14.5 Å². The minimum atomic E-state index is -5.09. The molecule has 0 radical (unpaired) electrons. The highest BCUT2D eigenvalue weighted by molar-refractivity contribution is 8.01. The minimum absolute atomic E-state index is 0.163. The third-order valence-corrected chi connectivity index (χ3v) is 8.83. The third kappa shape index (κ3) is 4.66. The van der Waals surface area contributed by atoms with Crippen LogP contribution in [0.1, 0.15) is 5.01 Å². The fraction of sp³-hybridized carbons (Fsp3) is 0.533. The van der Waals surface area contributed by atoms with Crippen molar-refractivity contribution in [3.8, 4) is 0 Å². The number of alkyl halides is 3. The molecule has 1 saturated heterocycles. The van der Waals surface area contributed by atoms with Crippen LogP contribution in [0, 0.1) is 6.92 Å². The largest absolute Gasteiger partial charge is 0.477 e. The first kappa shape index (κ1) is 24.9. The Morgan fingerprint density at radius 2 is 2.12 bits per heavy atom. The predicted molar refractivity (Wildman–Crippen MR) is 110 cm³/mol. The number of nitrogens with zero attached hydrogens (tertiary/aromatic N) is 3. The molecule has 0 aliphatic carbocycles. The monoisotopic (exact) mass is 532 g/mol. The number of hydrogen-bond donors (Lipinski definition) is 2. The van der Waals surface area contributed by atoms with Gasteiger partial charge in [0.2, 0.25) is 5.91 Å². The zero-order chi connectivity index (χ0) is 23.8. The van der Waals surface area contributed by atoms with Crippen LogP contribution >= 0.6 is 34.9 Å². The first-order valence-electron chi connectivity index (χ1n) is 8.55. The number of β-lactam (4-membered cyclic amide) rings is 1. The third-order valence-electron chi connectivity index (χ3n) is 4.36. The van der Waals surface area contributed by atoms with Gasteiger partial charge >= 0.3 is 11.5 Å². The zero-order valence-corrected chi connectivity index (χ0v) is 19.6. The second kappa shape index (κ2) is 9.28. The van der Waals surface area contributed by atoms with Gasteiger partial charge in [0.05, 0.1) is 0 Å². The van der Waals surface area contributed by atoms with E-state index in [9.17, 15) is 36.9 Å². The van der Waals surface area contributed by atoms with Crippen LogP contribution in [0.3, 0.4) is 0 Å². The van der Waals surface area contributed by atoms with Crippen molar-refractivity contribution in [3.63, 3.8) is 0 Å². The van der Waals surface area contributed by atoms with E-state index >= 15 is 0 Å². The van der Waals surface area contributed by atoms with Crippen LogP contribution in [0.25, 0.3) is 0 Å². The molecule has 3 atom stereocenters. The number of aromatic nitrogens is 2. The summed E-state index contributed by atoms with van der Waals surface area (Å²) in [5, 5.41) is 19.3. The second-order valence-corrected chi connectivity index (χ2v) is 11.3. The Balaban J connectivity index is 1.78. The summed E-state index contributed by atoms with van der Waals surface area (Å²) in [6.45, 7) is 1.77. The molecule has 2 aliphatic rings. The number of ether oxygens (including phenoxy) is 1. The molecule has 0 saturated carbocycles. The Labute approximate surface area is 193 Å². The van der Waals surface area contributed by atoms with Crippen LogP contribution in [0.2, 0.25) is 0 Å². The van der Waals surface area contributed by atoms with Gasteiger partial charge in [-0.05, 0) is 12.5 Å². The Bertz CT molecular complexity index is 1020. The van der Waals surface area contributed by atoms with Crippen LogP contribution in [0.15, 0.2) is 15.6 Å². The molecule has 0 bridgehead atoms. The number of hydrogen-bond acceptors (Lipinski definition) is 10. The maximum atomic E-state index is 12.9. The van der Waals surface area contributed by atoms with Gasteiger partial charge in [-0.25, -0.2) is 9.00 Å². The number of carbonyl (C=O) groups is 3. The molecule has 0 spiro atoms. The minimum Gasteiger partial charge on any atom is -0.477 e. The smallest absolute Gasteiger partial charge is 0.471 e. The van der Waals surface area contributed by atoms with Crippen LogP contribution < -0.4 is 5.32 Å². The SMILES string of the molecule is CO[C@@]1(NC(=O)CS(=O)C(F)(F)F)C(=O)N2C(C(=O)O)=C(CSc3nnc(C)s3)CS[C@H]21. The van der Waals surface area contributed by atoms with Gasteiger partial charge in [0.15, 0.2) is 4.34 Å². The summed E-state index contributed by atoms with van der Waals surface area (Å²) < 4.78 is 54.4. The van der Waals surface area contributed by atoms with Gasteiger partial charge in [-0.15, -0.1) is 22.0 Å². The molecule has 1 unspecified atom stereocenters. The van der Waals surface area contributed by atoms with Gasteiger partial charge in [0, 0.05) is 18.6 Å². The van der Waals surface area contributed by atoms with Gasteiger partial charge in [0.1, 0.15) is 32.6 Å². The summed E-state index contributed by atoms with van der Waals surface area (Å²) in [5.74, 6) is -4.67. The van der Waals surface area contributed by atoms with Crippen molar-refractivity contribution in [2.75, 3.05) is 24.4 Å². The van der Waals surface area contributed by atoms with E-state index in [0.717, 1.165) is 28.8 Å². The first-order valence-corrected chi connectivity index (χ1v) is 12.7. The topological polar surface area (TPSA) is 139 Å². The number of nitrogens with one attached hydrogen (secondary N) is 1. The molecule has 3 rings (SSSR count). The standard InChI is InChI=1S/C15H15F3N4O6S4/c1-6-20-21-13(31-6)30-4-7-3-29-12-14(28-2,11(26)22(12)9(7)10(24)25)19-8(23)5-32(27)15(16,17)18/h12H,3-5H2,1-2H3,(H,19,23)(H,24,25)/t12-,14-,32?/m0/s1. The van der Waals surface area contributed by atoms with Crippen LogP contribution in [0.4, 0.5) is 13.2 Å². The van der Waals surface area contributed by atoms with E-state index in [2.05, 4.69) is 15.5 Å². The molecule has 0 aromatic carbocycles. The fourth-order valence-corrected chi connectivity index (χ4v) is 6.85. The Morgan fingerprint density at radius 3 is 2.66 bits per heavy atom. The zero-order valence-electron chi connectivity index (χ0n) is 16.3. The maximum Gasteiger partial charge on any atom is 0.471 e. The normalized spacial score (nSPS) is 24.1. The lowest BCUT2D eigenvalue weighted by atomic mass is 9.98. The maximum absolute atomic E-state index is 12.9. The number of aryl methyl sites for hydroxylation is 1. The first-order chi connectivity index (χ1) is 14.9. The molecule has 17 heteroatoms. The fourth-order valence-electron chi connectivity index (χ4n) is 2.98. The van der Waals surface area contributed by atoms with E-state index in [1.54, 1.807) is 6.92 Å². The number of fused-ring (bicyclic) bond motifs is 1. The van der Waals surface area contributed by atoms with E-state index in [1.807, 2.05) is 0 Å². The van der Waals surface area contributed by atoms with Crippen LogP contribution in [-0.4, -0.2) is 83.2 Å². The summed E-state index contributed by atoms with van der Waals surface area (Å²) in [7, 11) is -2.40. The van der Waals surface area contributed by atoms with Crippen molar-refractivity contribution in [2.45, 2.75) is 27.9 Å². The summed E-state index contributed by atoms with van der Waals surface area (Å²) in [6.07, 6.45) is 0. The van der Waals surface area contributed by atoms with Crippen molar-refractivity contribution >= 4 is 63.4 Å². The number of carboxylic acids is 1. The van der Waals surface area contributed by atoms with Crippen molar-refractivity contribution < 1.29 is 41.6 Å². The van der Waals surface area contributed by atoms with E-state index in [4.69, 9.17) is 4.74 Å². The molecule has 2 aliphatic heterocycles. The number of carbonyl (C=O) groups excluding carboxylic acids is 2. The quantitative estimate of drug-likeness (QED) is 0.282. The second-order valence-electron chi connectivity index (χ2n) is 6.40. The molecule has 1 aromatic heterocycles. The number of methoxy groups -OCH3 is 1. The van der Waals surface area contributed by atoms with Gasteiger partial charge in [0.25, 0.3) is 11.6 Å². The van der Waals surface area contributed by atoms with Crippen molar-refractivity contribution in [1.29, 1.82) is 0 Å². The molecule has 1 fully saturated rings. The lowest BCUT2D eigenvalue weighted by molar-refractivity contribution is -0.192. The Morgan fingerprint density at radius 1 is 1.44 bits per heavy atom. The number of aliphatic carboxylic acids is 1. The number of halogens is 3. The number of thioether (sulfide) groups is 2. The summed E-state index contributed by atoms with van der Waals surface area (Å²) >= 11 is 3.67. The van der Waals surface area contributed by atoms with Crippen LogP contribution in [-0.2, 0) is 29.9 Å². The predicted octanol–water partition coefficient (Wildman–Crippen LogP) is 0.920. The van der Waals surface area contributed by atoms with Crippen LogP contribution in [0.5, 0.6) is 0 Å². The molecule has 1 aromatic rings. The number of amides is 2. The van der Waals surface area contributed by atoms with Gasteiger partial charge in [-0.2, -0.15) is 13.2 Å². The Kier molecular flexibility index (Phi) is 7.23. The van der Waals surface area contributed by atoms with Gasteiger partial charge in [-0.1, -0.05) is 23.1 Å². The number of rotatable bonds is 8. The molecular weight excluding hydrogens is 517 g/mol. The van der Waals surface area contributed by atoms with E-state index < -0.39 is 50.9 Å². The average Bonchev–Trinajstić information content (AvgIpc) is 3.13. The summed E-state index contributed by atoms with van der Waals surface area (Å²) in [4.78, 5) is 37.7. The molecule has 176 valence electrons. The van der Waals surface area contributed by atoms with Gasteiger partial charge < -0.3 is 15.2 Å². The van der Waals surface area contributed by atoms with Crippen molar-refractivity contribution in [2.24, 2.45) is 0 Å². The van der Waals surface area contributed by atoms with E-state index in [-0.39, 0.29) is 17.2 Å². The van der Waals surface area contributed by atoms with Crippen molar-refractivity contribution in [3.05, 3.63) is 16.3 Å². The number of carboxylic acid groups (broad SMARTS) is 1. The molecule has 3 heterocycles. The highest BCUT2D eigenvalue weighted by Crippen LogP contribution is 2.47. The molecule has 32 heavy (non-hydrogen) atoms. The molecule has 2 N–H and O–H groups in total. The summed E-state index contributed by atoms with van der Waals surface area (Å²) in [6, 6.07) is 0. The molecular formula is C15H15F3N4O6S4.